The second kappa shape index (κ2) is 17.6. The third kappa shape index (κ3) is 8.65. The lowest BCUT2D eigenvalue weighted by atomic mass is 9.46. The van der Waals surface area contributed by atoms with E-state index in [1.165, 1.54) is 6.92 Å². The van der Waals surface area contributed by atoms with Crippen LogP contribution >= 0.6 is 0 Å². The minimum absolute atomic E-state index is 0.0794. The molecule has 4 aliphatic carbocycles. The highest BCUT2D eigenvalue weighted by atomic mass is 32.3. The average Bonchev–Trinajstić information content (AvgIpc) is 3.88. The molecule has 8 rings (SSSR count). The van der Waals surface area contributed by atoms with Crippen molar-refractivity contribution in [2.75, 3.05) is 18.5 Å². The van der Waals surface area contributed by atoms with Crippen molar-refractivity contribution >= 4 is 57.1 Å². The minimum Gasteiger partial charge on any atom is -0.393 e. The van der Waals surface area contributed by atoms with Crippen LogP contribution in [0.25, 0.3) is 0 Å². The van der Waals surface area contributed by atoms with Gasteiger partial charge in [0.25, 0.3) is 11.8 Å². The van der Waals surface area contributed by atoms with Crippen molar-refractivity contribution in [3.8, 4) is 0 Å². The van der Waals surface area contributed by atoms with Crippen molar-refractivity contribution in [2.45, 2.75) is 96.4 Å². The number of carbonyl (C=O) groups excluding carboxylic acids is 7. The zero-order chi connectivity index (χ0) is 47.5. The predicted molar refractivity (Wildman–Crippen MR) is 234 cm³/mol. The van der Waals surface area contributed by atoms with Crippen LogP contribution in [-0.2, 0) is 64.0 Å². The molecule has 0 aromatic heterocycles. The predicted octanol–water partition coefficient (Wildman–Crippen LogP) is 3.67. The summed E-state index contributed by atoms with van der Waals surface area (Å²) in [7, 11) is -4.98. The van der Waals surface area contributed by atoms with E-state index in [1.807, 2.05) is 56.3 Å². The fourth-order valence-electron chi connectivity index (χ4n) is 11.7. The zero-order valence-electron chi connectivity index (χ0n) is 36.9. The van der Waals surface area contributed by atoms with Crippen LogP contribution in [0.1, 0.15) is 82.8 Å². The highest BCUT2D eigenvalue weighted by Gasteiger charge is 2.76. The summed E-state index contributed by atoms with van der Waals surface area (Å²) >= 11 is 0. The van der Waals surface area contributed by atoms with Crippen LogP contribution < -0.4 is 10.6 Å². The Morgan fingerprint density at radius 1 is 0.985 bits per heavy atom. The summed E-state index contributed by atoms with van der Waals surface area (Å²) in [5, 5.41) is 17.3. The molecule has 0 unspecified atom stereocenters. The van der Waals surface area contributed by atoms with Gasteiger partial charge < -0.3 is 25.2 Å². The van der Waals surface area contributed by atoms with E-state index in [4.69, 9.17) is 9.47 Å². The highest BCUT2D eigenvalue weighted by molar-refractivity contribution is 7.80. The van der Waals surface area contributed by atoms with Crippen LogP contribution in [0.2, 0.25) is 0 Å². The van der Waals surface area contributed by atoms with Gasteiger partial charge in [0.05, 0.1) is 18.2 Å². The molecular weight excluding hydrogens is 875 g/mol. The molecule has 4 fully saturated rings. The maximum atomic E-state index is 14.4. The third-order valence-electron chi connectivity index (χ3n) is 14.9. The lowest BCUT2D eigenvalue weighted by molar-refractivity contribution is -0.200. The fourth-order valence-corrected chi connectivity index (χ4v) is 11.9. The highest BCUT2D eigenvalue weighted by Crippen LogP contribution is 2.70. The Morgan fingerprint density at radius 2 is 1.70 bits per heavy atom. The molecule has 18 heteroatoms. The number of rotatable bonds is 15. The van der Waals surface area contributed by atoms with Gasteiger partial charge in [0.15, 0.2) is 29.2 Å². The van der Waals surface area contributed by atoms with Gasteiger partial charge in [0.2, 0.25) is 11.8 Å². The molecule has 6 aliphatic rings. The largest absolute Gasteiger partial charge is 0.397 e. The second-order valence-electron chi connectivity index (χ2n) is 18.9. The fraction of sp³-hybridized carbons (Fsp3) is 0.479. The molecule has 66 heavy (non-hydrogen) atoms. The lowest BCUT2D eigenvalue weighted by Gasteiger charge is -2.59. The zero-order valence-corrected chi connectivity index (χ0v) is 37.7. The second-order valence-corrected chi connectivity index (χ2v) is 20.0. The van der Waals surface area contributed by atoms with Crippen LogP contribution in [0.5, 0.6) is 0 Å². The SMILES string of the molecule is C[C@H](CC(=O)[C@H](C)NC(=O)CN1C(=O)C=CC1=O)C(=O)Nc1cccc(Cc2ccc([C@@H]3O[C@@H]4C[C@H]5[C@@H]6CCC7=CC(=O)C=C[C@]7(C)[C@H]6[C@@H](O)C[C@]5(C)[C@]4(C(=O)COS(=O)(=O)O)O3)cc2)c1. The number of anilines is 1. The average molecular weight is 928 g/mol. The van der Waals surface area contributed by atoms with E-state index in [9.17, 15) is 51.6 Å². The van der Waals surface area contributed by atoms with Crippen LogP contribution in [0.15, 0.2) is 84.5 Å². The number of aliphatic hydroxyl groups is 1. The number of carbonyl (C=O) groups is 7. The third-order valence-corrected chi connectivity index (χ3v) is 15.3. The monoisotopic (exact) mass is 927 g/mol. The van der Waals surface area contributed by atoms with E-state index in [0.29, 0.717) is 36.9 Å². The Bertz CT molecular complexity index is 2570. The van der Waals surface area contributed by atoms with Crippen molar-refractivity contribution in [1.29, 1.82) is 0 Å². The van der Waals surface area contributed by atoms with Crippen molar-refractivity contribution in [3.63, 3.8) is 0 Å². The Balaban J connectivity index is 0.914. The number of amides is 4. The van der Waals surface area contributed by atoms with E-state index >= 15 is 0 Å². The van der Waals surface area contributed by atoms with Crippen LogP contribution in [0.3, 0.4) is 0 Å². The first kappa shape index (κ1) is 47.0. The number of ketones is 3. The standard InChI is InChI=1S/C48H53N3O14S/c1-26(18-36(53)27(2)49-40(56)24-51-41(57)14-15-42(51)58)44(59)50-32-7-5-6-29(20-32)19-28-8-10-30(11-9-28)45-64-39-22-35-34-13-12-31-21-33(52)16-17-46(31,3)43(34)37(54)23-47(35,4)48(39,65-45)38(55)25-63-66(60,61)62/h5-11,14-17,20-21,26-27,34-35,37,39,43,45,54H,12-13,18-19,22-25H2,1-4H3,(H,49,56)(H,50,59)(H,60,61,62)/t26-,27+,34+,35+,37+,39-,43-,45-,46+,47+,48-/m1/s1. The first-order valence-electron chi connectivity index (χ1n) is 22.1. The summed E-state index contributed by atoms with van der Waals surface area (Å²) in [6.45, 7) is 5.46. The summed E-state index contributed by atoms with van der Waals surface area (Å²) in [6.07, 6.45) is 6.56. The normalized spacial score (nSPS) is 31.9. The maximum Gasteiger partial charge on any atom is 0.397 e. The van der Waals surface area contributed by atoms with E-state index in [0.717, 1.165) is 33.8 Å². The number of ether oxygens (including phenoxy) is 2. The quantitative estimate of drug-likeness (QED) is 0.147. The molecule has 4 amide bonds. The number of Topliss-reactive ketones (excluding diaryl/α,β-unsaturated/α-hetero) is 2. The molecule has 2 aromatic rings. The smallest absolute Gasteiger partial charge is 0.393 e. The first-order valence-corrected chi connectivity index (χ1v) is 23.4. The van der Waals surface area contributed by atoms with Crippen LogP contribution in [-0.4, -0.2) is 101 Å². The molecule has 0 spiro atoms. The number of nitrogens with one attached hydrogen (secondary N) is 2. The van der Waals surface area contributed by atoms with Gasteiger partial charge in [-0.05, 0) is 86.3 Å². The number of hydrogen-bond acceptors (Lipinski definition) is 13. The summed E-state index contributed by atoms with van der Waals surface area (Å²) in [6, 6.07) is 13.6. The van der Waals surface area contributed by atoms with Gasteiger partial charge in [-0.15, -0.1) is 0 Å². The molecule has 2 aliphatic heterocycles. The molecule has 0 bridgehead atoms. The van der Waals surface area contributed by atoms with Gasteiger partial charge in [-0.2, -0.15) is 8.42 Å². The summed E-state index contributed by atoms with van der Waals surface area (Å²) < 4.78 is 50.8. The van der Waals surface area contributed by atoms with Crippen molar-refractivity contribution in [1.82, 2.24) is 10.2 Å². The van der Waals surface area contributed by atoms with Gasteiger partial charge >= 0.3 is 10.4 Å². The van der Waals surface area contributed by atoms with Crippen molar-refractivity contribution in [2.24, 2.45) is 34.5 Å². The van der Waals surface area contributed by atoms with E-state index < -0.39 is 106 Å². The molecular formula is C48H53N3O14S. The number of nitrogens with zero attached hydrogens (tertiary/aromatic N) is 1. The number of aliphatic hydroxyl groups excluding tert-OH is 1. The minimum atomic E-state index is -4.98. The lowest BCUT2D eigenvalue weighted by Crippen LogP contribution is -2.63. The molecule has 1 saturated heterocycles. The number of hydrogen-bond donors (Lipinski definition) is 4. The number of benzene rings is 2. The van der Waals surface area contributed by atoms with E-state index in [1.54, 1.807) is 31.2 Å². The van der Waals surface area contributed by atoms with Gasteiger partial charge in [-0.1, -0.05) is 68.8 Å². The Hall–Kier alpha value is -5.50. The molecule has 17 nitrogen and oxygen atoms in total. The molecule has 4 N–H and O–H groups in total. The summed E-state index contributed by atoms with van der Waals surface area (Å²) in [4.78, 5) is 89.4. The Kier molecular flexibility index (Phi) is 12.6. The van der Waals surface area contributed by atoms with Gasteiger partial charge in [0.1, 0.15) is 13.2 Å². The summed E-state index contributed by atoms with van der Waals surface area (Å²) in [5.41, 5.74) is 0.506. The van der Waals surface area contributed by atoms with Gasteiger partial charge in [0, 0.05) is 52.5 Å². The van der Waals surface area contributed by atoms with Crippen LogP contribution in [0.4, 0.5) is 5.69 Å². The molecule has 3 saturated carbocycles. The first-order chi connectivity index (χ1) is 31.1. The molecule has 2 heterocycles. The van der Waals surface area contributed by atoms with Crippen molar-refractivity contribution < 1.29 is 65.3 Å². The topological polar surface area (TPSA) is 249 Å². The van der Waals surface area contributed by atoms with E-state index in [2.05, 4.69) is 14.8 Å². The van der Waals surface area contributed by atoms with Crippen LogP contribution in [0, 0.1) is 34.5 Å². The number of imide groups is 1. The van der Waals surface area contributed by atoms with Crippen molar-refractivity contribution in [3.05, 3.63) is 101 Å². The molecule has 350 valence electrons. The molecule has 11 atom stereocenters. The molecule has 2 aromatic carbocycles. The van der Waals surface area contributed by atoms with Gasteiger partial charge in [-0.25, -0.2) is 4.18 Å². The summed E-state index contributed by atoms with van der Waals surface area (Å²) in [5.74, 6) is -4.80. The Labute approximate surface area is 381 Å². The number of fused-ring (bicyclic) bond motifs is 7. The maximum absolute atomic E-state index is 14.4. The Morgan fingerprint density at radius 3 is 2.39 bits per heavy atom. The van der Waals surface area contributed by atoms with E-state index in [-0.39, 0.29) is 36.4 Å². The molecule has 0 radical (unpaired) electrons. The van der Waals surface area contributed by atoms with Gasteiger partial charge in [-0.3, -0.25) is 43.0 Å². The number of allylic oxidation sites excluding steroid dienone is 4.